The lowest BCUT2D eigenvalue weighted by molar-refractivity contribution is -0.141. The molecule has 2 aromatic rings. The lowest BCUT2D eigenvalue weighted by Crippen LogP contribution is -2.47. The van der Waals surface area contributed by atoms with Gasteiger partial charge in [0.1, 0.15) is 5.82 Å². The first kappa shape index (κ1) is 17.5. The molecule has 1 N–H and O–H groups in total. The van der Waals surface area contributed by atoms with Gasteiger partial charge >= 0.3 is 0 Å². The summed E-state index contributed by atoms with van der Waals surface area (Å²) in [6, 6.07) is 8.81. The Hall–Kier alpha value is -1.88. The average molecular weight is 354 g/mol. The van der Waals surface area contributed by atoms with Gasteiger partial charge in [-0.2, -0.15) is 0 Å². The van der Waals surface area contributed by atoms with Gasteiger partial charge < -0.3 is 14.8 Å². The molecule has 2 aliphatic heterocycles. The molecule has 0 bridgehead atoms. The third kappa shape index (κ3) is 3.37. The van der Waals surface area contributed by atoms with Crippen molar-refractivity contribution in [1.29, 1.82) is 0 Å². The Morgan fingerprint density at radius 2 is 1.88 bits per heavy atom. The SMILES string of the molecule is CC(C)N1CCC(C(=O)N2CCCC[C@@H]2c2nc3ccccc3[nH]2)CC1. The second-order valence-corrected chi connectivity index (χ2v) is 8.09. The zero-order valence-electron chi connectivity index (χ0n) is 15.9. The van der Waals surface area contributed by atoms with Crippen LogP contribution in [0.3, 0.4) is 0 Å². The van der Waals surface area contributed by atoms with E-state index in [1.165, 1.54) is 0 Å². The summed E-state index contributed by atoms with van der Waals surface area (Å²) in [5.41, 5.74) is 2.05. The van der Waals surface area contributed by atoms with Gasteiger partial charge in [-0.15, -0.1) is 0 Å². The Morgan fingerprint density at radius 3 is 2.62 bits per heavy atom. The van der Waals surface area contributed by atoms with Crippen molar-refractivity contribution in [3.63, 3.8) is 0 Å². The number of aromatic nitrogens is 2. The molecule has 2 aliphatic rings. The third-order valence-electron chi connectivity index (χ3n) is 6.12. The second kappa shape index (κ2) is 7.39. The molecular formula is C21H30N4O. The molecule has 26 heavy (non-hydrogen) atoms. The molecule has 5 heteroatoms. The number of para-hydroxylation sites is 2. The van der Waals surface area contributed by atoms with Crippen molar-refractivity contribution in [3.8, 4) is 0 Å². The predicted molar refractivity (Wildman–Crippen MR) is 104 cm³/mol. The number of hydrogen-bond acceptors (Lipinski definition) is 3. The zero-order valence-corrected chi connectivity index (χ0v) is 15.9. The number of hydrogen-bond donors (Lipinski definition) is 1. The number of carbonyl (C=O) groups is 1. The van der Waals surface area contributed by atoms with Gasteiger partial charge in [-0.05, 0) is 71.2 Å². The Balaban J connectivity index is 1.51. The number of amides is 1. The summed E-state index contributed by atoms with van der Waals surface area (Å²) in [7, 11) is 0. The molecule has 2 fully saturated rings. The largest absolute Gasteiger partial charge is 0.340 e. The van der Waals surface area contributed by atoms with Crippen molar-refractivity contribution in [2.75, 3.05) is 19.6 Å². The summed E-state index contributed by atoms with van der Waals surface area (Å²) in [5, 5.41) is 0. The monoisotopic (exact) mass is 354 g/mol. The first-order valence-corrected chi connectivity index (χ1v) is 10.1. The molecule has 5 nitrogen and oxygen atoms in total. The van der Waals surface area contributed by atoms with E-state index in [9.17, 15) is 4.79 Å². The molecule has 0 radical (unpaired) electrons. The molecular weight excluding hydrogens is 324 g/mol. The topological polar surface area (TPSA) is 52.2 Å². The maximum Gasteiger partial charge on any atom is 0.226 e. The van der Waals surface area contributed by atoms with Crippen molar-refractivity contribution in [3.05, 3.63) is 30.1 Å². The van der Waals surface area contributed by atoms with Crippen LogP contribution in [0.4, 0.5) is 0 Å². The van der Waals surface area contributed by atoms with Gasteiger partial charge in [-0.3, -0.25) is 4.79 Å². The van der Waals surface area contributed by atoms with E-state index in [1.54, 1.807) is 0 Å². The number of carbonyl (C=O) groups excluding carboxylic acids is 1. The number of fused-ring (bicyclic) bond motifs is 1. The predicted octanol–water partition coefficient (Wildman–Crippen LogP) is 3.74. The van der Waals surface area contributed by atoms with E-state index in [-0.39, 0.29) is 12.0 Å². The molecule has 0 unspecified atom stereocenters. The summed E-state index contributed by atoms with van der Waals surface area (Å²) < 4.78 is 0. The van der Waals surface area contributed by atoms with Crippen molar-refractivity contribution >= 4 is 16.9 Å². The highest BCUT2D eigenvalue weighted by atomic mass is 16.2. The van der Waals surface area contributed by atoms with Gasteiger partial charge in [-0.25, -0.2) is 4.98 Å². The number of nitrogens with zero attached hydrogens (tertiary/aromatic N) is 3. The molecule has 1 amide bonds. The zero-order chi connectivity index (χ0) is 18.1. The summed E-state index contributed by atoms with van der Waals surface area (Å²) in [4.78, 5) is 26.2. The Bertz CT molecular complexity index is 727. The third-order valence-corrected chi connectivity index (χ3v) is 6.12. The molecule has 0 saturated carbocycles. The van der Waals surface area contributed by atoms with Crippen LogP contribution in [0.2, 0.25) is 0 Å². The fourth-order valence-corrected chi connectivity index (χ4v) is 4.51. The van der Waals surface area contributed by atoms with Crippen LogP contribution in [0.15, 0.2) is 24.3 Å². The van der Waals surface area contributed by atoms with Crippen LogP contribution >= 0.6 is 0 Å². The maximum atomic E-state index is 13.3. The van der Waals surface area contributed by atoms with Gasteiger partial charge in [0.2, 0.25) is 5.91 Å². The fourth-order valence-electron chi connectivity index (χ4n) is 4.51. The van der Waals surface area contributed by atoms with E-state index in [0.717, 1.165) is 68.6 Å². The van der Waals surface area contributed by atoms with Crippen molar-refractivity contribution in [1.82, 2.24) is 19.8 Å². The summed E-state index contributed by atoms with van der Waals surface area (Å²) in [6.07, 6.45) is 5.25. The molecule has 0 spiro atoms. The minimum Gasteiger partial charge on any atom is -0.340 e. The molecule has 140 valence electrons. The van der Waals surface area contributed by atoms with Crippen LogP contribution in [0.1, 0.15) is 57.8 Å². The lowest BCUT2D eigenvalue weighted by Gasteiger charge is -2.40. The van der Waals surface area contributed by atoms with Gasteiger partial charge in [-0.1, -0.05) is 12.1 Å². The first-order valence-electron chi connectivity index (χ1n) is 10.1. The van der Waals surface area contributed by atoms with Crippen LogP contribution in [-0.4, -0.2) is 51.4 Å². The lowest BCUT2D eigenvalue weighted by atomic mass is 9.92. The first-order chi connectivity index (χ1) is 12.6. The van der Waals surface area contributed by atoms with Gasteiger partial charge in [0, 0.05) is 18.5 Å². The van der Waals surface area contributed by atoms with E-state index in [4.69, 9.17) is 4.98 Å². The van der Waals surface area contributed by atoms with E-state index in [0.29, 0.717) is 11.9 Å². The van der Waals surface area contributed by atoms with Crippen LogP contribution < -0.4 is 0 Å². The highest BCUT2D eigenvalue weighted by Gasteiger charge is 2.35. The van der Waals surface area contributed by atoms with Gasteiger partial charge in [0.05, 0.1) is 17.1 Å². The van der Waals surface area contributed by atoms with Crippen molar-refractivity contribution < 1.29 is 4.79 Å². The van der Waals surface area contributed by atoms with Crippen LogP contribution in [0.25, 0.3) is 11.0 Å². The number of H-pyrrole nitrogens is 1. The van der Waals surface area contributed by atoms with Crippen molar-refractivity contribution in [2.24, 2.45) is 5.92 Å². The number of likely N-dealkylation sites (tertiary alicyclic amines) is 2. The highest BCUT2D eigenvalue weighted by molar-refractivity contribution is 5.80. The highest BCUT2D eigenvalue weighted by Crippen LogP contribution is 2.33. The fraction of sp³-hybridized carbons (Fsp3) is 0.619. The normalized spacial score (nSPS) is 23.0. The quantitative estimate of drug-likeness (QED) is 0.913. The van der Waals surface area contributed by atoms with E-state index in [2.05, 4.69) is 34.7 Å². The van der Waals surface area contributed by atoms with E-state index < -0.39 is 0 Å². The summed E-state index contributed by atoms with van der Waals surface area (Å²) in [5.74, 6) is 1.48. The Kier molecular flexibility index (Phi) is 4.98. The molecule has 1 aromatic heterocycles. The van der Waals surface area contributed by atoms with E-state index in [1.807, 2.05) is 18.2 Å². The van der Waals surface area contributed by atoms with Crippen LogP contribution in [0.5, 0.6) is 0 Å². The van der Waals surface area contributed by atoms with Gasteiger partial charge in [0.15, 0.2) is 0 Å². The standard InChI is InChI=1S/C21H30N4O/c1-15(2)24-13-10-16(11-14-24)21(26)25-12-6-5-9-19(25)20-22-17-7-3-4-8-18(17)23-20/h3-4,7-8,15-16,19H,5-6,9-14H2,1-2H3,(H,22,23)/t19-/m1/s1. The molecule has 1 aromatic carbocycles. The second-order valence-electron chi connectivity index (χ2n) is 8.09. The number of piperidine rings is 2. The minimum absolute atomic E-state index is 0.103. The molecule has 3 heterocycles. The van der Waals surface area contributed by atoms with E-state index >= 15 is 0 Å². The number of aromatic amines is 1. The number of imidazole rings is 1. The van der Waals surface area contributed by atoms with Crippen LogP contribution in [-0.2, 0) is 4.79 Å². The minimum atomic E-state index is 0.103. The summed E-state index contributed by atoms with van der Waals surface area (Å²) in [6.45, 7) is 7.42. The van der Waals surface area contributed by atoms with Gasteiger partial charge in [0.25, 0.3) is 0 Å². The van der Waals surface area contributed by atoms with Crippen molar-refractivity contribution in [2.45, 2.75) is 58.0 Å². The molecule has 1 atom stereocenters. The maximum absolute atomic E-state index is 13.3. The number of nitrogens with one attached hydrogen (secondary N) is 1. The summed E-state index contributed by atoms with van der Waals surface area (Å²) >= 11 is 0. The average Bonchev–Trinajstić information content (AvgIpc) is 3.11. The molecule has 4 rings (SSSR count). The number of rotatable bonds is 3. The number of benzene rings is 1. The Morgan fingerprint density at radius 1 is 1.12 bits per heavy atom. The Labute approximate surface area is 155 Å². The van der Waals surface area contributed by atoms with Crippen LogP contribution in [0, 0.1) is 5.92 Å². The smallest absolute Gasteiger partial charge is 0.226 e. The molecule has 2 saturated heterocycles. The molecule has 0 aliphatic carbocycles.